The second-order valence-corrected chi connectivity index (χ2v) is 8.06. The summed E-state index contributed by atoms with van der Waals surface area (Å²) in [4.78, 5) is 29.6. The molecule has 2 heterocycles. The van der Waals surface area contributed by atoms with Crippen LogP contribution in [0.2, 0.25) is 5.02 Å². The first-order chi connectivity index (χ1) is 14.8. The van der Waals surface area contributed by atoms with Crippen molar-refractivity contribution in [1.29, 1.82) is 0 Å². The maximum absolute atomic E-state index is 13.4. The number of rotatable bonds is 6. The number of phenols is 1. The average molecular weight is 441 g/mol. The molecular weight excluding hydrogens is 420 g/mol. The summed E-state index contributed by atoms with van der Waals surface area (Å²) in [5.74, 6) is -1.93. The molecule has 1 amide bonds. The third kappa shape index (κ3) is 3.78. The van der Waals surface area contributed by atoms with Crippen LogP contribution in [-0.2, 0) is 4.79 Å². The third-order valence-electron chi connectivity index (χ3n) is 5.27. The van der Waals surface area contributed by atoms with Crippen molar-refractivity contribution < 1.29 is 24.2 Å². The molecule has 31 heavy (non-hydrogen) atoms. The van der Waals surface area contributed by atoms with Gasteiger partial charge in [0.1, 0.15) is 11.3 Å². The molecule has 0 radical (unpaired) electrons. The van der Waals surface area contributed by atoms with Gasteiger partial charge in [0.25, 0.3) is 5.91 Å². The van der Waals surface area contributed by atoms with Gasteiger partial charge in [-0.1, -0.05) is 35.9 Å². The van der Waals surface area contributed by atoms with Crippen LogP contribution >= 0.6 is 11.6 Å². The highest BCUT2D eigenvalue weighted by atomic mass is 35.5. The number of aliphatic hydroxyl groups excluding tert-OH is 1. The van der Waals surface area contributed by atoms with Crippen molar-refractivity contribution in [3.63, 3.8) is 0 Å². The lowest BCUT2D eigenvalue weighted by Crippen LogP contribution is -2.36. The van der Waals surface area contributed by atoms with E-state index in [-0.39, 0.29) is 28.7 Å². The van der Waals surface area contributed by atoms with E-state index in [4.69, 9.17) is 16.0 Å². The molecule has 160 valence electrons. The van der Waals surface area contributed by atoms with Crippen LogP contribution in [-0.4, -0.2) is 58.9 Å². The zero-order valence-corrected chi connectivity index (χ0v) is 17.8. The second-order valence-electron chi connectivity index (χ2n) is 7.66. The average Bonchev–Trinajstić information content (AvgIpc) is 3.28. The van der Waals surface area contributed by atoms with Gasteiger partial charge in [-0.25, -0.2) is 0 Å². The Morgan fingerprint density at radius 2 is 1.90 bits per heavy atom. The molecule has 1 aromatic heterocycles. The zero-order chi connectivity index (χ0) is 22.3. The number of phenolic OH excluding ortho intramolecular Hbond substituents is 1. The fraction of sp³-hybridized carbons (Fsp3) is 0.217. The van der Waals surface area contributed by atoms with E-state index in [1.165, 1.54) is 17.0 Å². The van der Waals surface area contributed by atoms with E-state index in [2.05, 4.69) is 0 Å². The SMILES string of the molecule is CN(C)CCN1C(=O)C(O)=C(C(=O)c2cc3ccccc3o2)C1c1ccc(O)c(Cl)c1. The third-order valence-corrected chi connectivity index (χ3v) is 5.58. The Kier molecular flexibility index (Phi) is 5.47. The van der Waals surface area contributed by atoms with Crippen LogP contribution in [0.4, 0.5) is 0 Å². The van der Waals surface area contributed by atoms with Crippen molar-refractivity contribution >= 4 is 34.3 Å². The smallest absolute Gasteiger partial charge is 0.290 e. The summed E-state index contributed by atoms with van der Waals surface area (Å²) in [7, 11) is 3.72. The summed E-state index contributed by atoms with van der Waals surface area (Å²) in [5.41, 5.74) is 0.951. The Morgan fingerprint density at radius 1 is 1.16 bits per heavy atom. The standard InChI is InChI=1S/C23H21ClN2O5/c1-25(2)9-10-26-20(14-7-8-16(27)15(24)11-14)19(22(29)23(26)30)21(28)18-12-13-5-3-4-6-17(13)31-18/h3-8,11-12,20,27,29H,9-10H2,1-2H3. The van der Waals surface area contributed by atoms with Gasteiger partial charge in [0.15, 0.2) is 11.5 Å². The molecule has 1 aliphatic heterocycles. The van der Waals surface area contributed by atoms with Gasteiger partial charge in [-0.15, -0.1) is 0 Å². The fourth-order valence-corrected chi connectivity index (χ4v) is 3.88. The summed E-state index contributed by atoms with van der Waals surface area (Å²) in [5, 5.41) is 21.3. The van der Waals surface area contributed by atoms with Crippen molar-refractivity contribution in [3.05, 3.63) is 76.2 Å². The number of likely N-dealkylation sites (N-methyl/N-ethyl adjacent to an activating group) is 1. The summed E-state index contributed by atoms with van der Waals surface area (Å²) >= 11 is 6.09. The number of aromatic hydroxyl groups is 1. The molecule has 0 bridgehead atoms. The van der Waals surface area contributed by atoms with E-state index in [0.29, 0.717) is 17.7 Å². The van der Waals surface area contributed by atoms with E-state index in [1.807, 2.05) is 31.1 Å². The molecule has 0 fully saturated rings. The molecule has 3 aromatic rings. The minimum absolute atomic E-state index is 0.0277. The Balaban J connectivity index is 1.81. The first kappa shape index (κ1) is 21.0. The molecular formula is C23H21ClN2O5. The molecule has 0 saturated carbocycles. The van der Waals surface area contributed by atoms with Crippen molar-refractivity contribution in [2.45, 2.75) is 6.04 Å². The number of carbonyl (C=O) groups is 2. The Bertz CT molecular complexity index is 1180. The molecule has 1 atom stereocenters. The number of fused-ring (bicyclic) bond motifs is 1. The van der Waals surface area contributed by atoms with Crippen molar-refractivity contribution in [3.8, 4) is 5.75 Å². The number of amides is 1. The number of Topliss-reactive ketones (excluding diaryl/α,β-unsaturated/α-hetero) is 1. The fourth-order valence-electron chi connectivity index (χ4n) is 3.69. The highest BCUT2D eigenvalue weighted by molar-refractivity contribution is 6.32. The van der Waals surface area contributed by atoms with Crippen LogP contribution in [0.3, 0.4) is 0 Å². The van der Waals surface area contributed by atoms with Crippen molar-refractivity contribution in [2.75, 3.05) is 27.2 Å². The number of furan rings is 1. The number of hydrogen-bond acceptors (Lipinski definition) is 6. The zero-order valence-electron chi connectivity index (χ0n) is 17.0. The van der Waals surface area contributed by atoms with E-state index < -0.39 is 23.5 Å². The van der Waals surface area contributed by atoms with Gasteiger partial charge < -0.3 is 24.4 Å². The normalized spacial score (nSPS) is 16.7. The van der Waals surface area contributed by atoms with Crippen molar-refractivity contribution in [1.82, 2.24) is 9.80 Å². The quantitative estimate of drug-likeness (QED) is 0.564. The van der Waals surface area contributed by atoms with Crippen molar-refractivity contribution in [2.24, 2.45) is 0 Å². The molecule has 0 aliphatic carbocycles. The van der Waals surface area contributed by atoms with Gasteiger partial charge in [0, 0.05) is 18.5 Å². The molecule has 2 N–H and O–H groups in total. The van der Waals surface area contributed by atoms with E-state index in [0.717, 1.165) is 5.39 Å². The Morgan fingerprint density at radius 3 is 2.58 bits per heavy atom. The summed E-state index contributed by atoms with van der Waals surface area (Å²) in [6.07, 6.45) is 0. The predicted molar refractivity (Wildman–Crippen MR) is 116 cm³/mol. The number of carbonyl (C=O) groups excluding carboxylic acids is 2. The van der Waals surface area contributed by atoms with Crippen LogP contribution < -0.4 is 0 Å². The topological polar surface area (TPSA) is 94.2 Å². The van der Waals surface area contributed by atoms with Crippen LogP contribution in [0.25, 0.3) is 11.0 Å². The maximum atomic E-state index is 13.4. The van der Waals surface area contributed by atoms with Gasteiger partial charge in [-0.2, -0.15) is 0 Å². The molecule has 4 rings (SSSR count). The van der Waals surface area contributed by atoms with Crippen LogP contribution in [0.1, 0.15) is 22.2 Å². The lowest BCUT2D eigenvalue weighted by molar-refractivity contribution is -0.129. The van der Waals surface area contributed by atoms with Crippen LogP contribution in [0.5, 0.6) is 5.75 Å². The Labute approximate surface area is 183 Å². The second kappa shape index (κ2) is 8.09. The van der Waals surface area contributed by atoms with E-state index >= 15 is 0 Å². The number of aliphatic hydroxyl groups is 1. The number of halogens is 1. The van der Waals surface area contributed by atoms with Gasteiger partial charge in [0.2, 0.25) is 5.78 Å². The van der Waals surface area contributed by atoms with Gasteiger partial charge in [-0.05, 0) is 43.9 Å². The van der Waals surface area contributed by atoms with Gasteiger partial charge >= 0.3 is 0 Å². The molecule has 8 heteroatoms. The lowest BCUT2D eigenvalue weighted by Gasteiger charge is -2.28. The molecule has 0 spiro atoms. The van der Waals surface area contributed by atoms with E-state index in [9.17, 15) is 19.8 Å². The van der Waals surface area contributed by atoms with E-state index in [1.54, 1.807) is 24.3 Å². The monoisotopic (exact) mass is 440 g/mol. The molecule has 2 aromatic carbocycles. The predicted octanol–water partition coefficient (Wildman–Crippen LogP) is 3.93. The Hall–Kier alpha value is -3.29. The summed E-state index contributed by atoms with van der Waals surface area (Å²) in [6, 6.07) is 12.3. The van der Waals surface area contributed by atoms with Gasteiger partial charge in [-0.3, -0.25) is 9.59 Å². The number of hydrogen-bond donors (Lipinski definition) is 2. The van der Waals surface area contributed by atoms with Gasteiger partial charge in [0.05, 0.1) is 16.6 Å². The number of ketones is 1. The minimum Gasteiger partial charge on any atom is -0.506 e. The highest BCUT2D eigenvalue weighted by Gasteiger charge is 2.44. The minimum atomic E-state index is -0.869. The summed E-state index contributed by atoms with van der Waals surface area (Å²) in [6.45, 7) is 0.795. The molecule has 1 aliphatic rings. The van der Waals surface area contributed by atoms with Crippen LogP contribution in [0, 0.1) is 0 Å². The molecule has 7 nitrogen and oxygen atoms in total. The first-order valence-electron chi connectivity index (χ1n) is 9.68. The number of para-hydroxylation sites is 1. The molecule has 1 unspecified atom stereocenters. The lowest BCUT2D eigenvalue weighted by atomic mass is 9.95. The molecule has 0 saturated heterocycles. The largest absolute Gasteiger partial charge is 0.506 e. The van der Waals surface area contributed by atoms with Crippen LogP contribution in [0.15, 0.2) is 64.3 Å². The highest BCUT2D eigenvalue weighted by Crippen LogP contribution is 2.41. The first-order valence-corrected chi connectivity index (χ1v) is 10.1. The maximum Gasteiger partial charge on any atom is 0.290 e. The number of benzene rings is 2. The number of nitrogens with zero attached hydrogens (tertiary/aromatic N) is 2. The summed E-state index contributed by atoms with van der Waals surface area (Å²) < 4.78 is 5.69.